The molecule has 0 radical (unpaired) electrons. The van der Waals surface area contributed by atoms with Gasteiger partial charge in [-0.3, -0.25) is 4.79 Å². The number of anilines is 1. The first kappa shape index (κ1) is 39.8. The molecule has 0 unspecified atom stereocenters. The number of ether oxygens (including phenoxy) is 2. The highest BCUT2D eigenvalue weighted by atomic mass is 16.5. The summed E-state index contributed by atoms with van der Waals surface area (Å²) in [6.07, 6.45) is 8.65. The number of phenols is 2. The van der Waals surface area contributed by atoms with Crippen LogP contribution in [0.5, 0.6) is 23.0 Å². The number of phenolic OH excluding ortho intramolecular Hbond substituents is 2. The summed E-state index contributed by atoms with van der Waals surface area (Å²) in [4.78, 5) is 20.4. The highest BCUT2D eigenvalue weighted by Crippen LogP contribution is 2.47. The third-order valence-electron chi connectivity index (χ3n) is 12.0. The Morgan fingerprint density at radius 1 is 0.898 bits per heavy atom. The lowest BCUT2D eigenvalue weighted by Crippen LogP contribution is -2.43. The fraction of sp³-hybridized carbons (Fsp3) is 0.327. The highest BCUT2D eigenvalue weighted by Gasteiger charge is 2.34. The number of nitrogens with one attached hydrogen (secondary N) is 2. The van der Waals surface area contributed by atoms with Crippen molar-refractivity contribution in [3.05, 3.63) is 130 Å². The van der Waals surface area contributed by atoms with Gasteiger partial charge >= 0.3 is 0 Å². The van der Waals surface area contributed by atoms with Crippen LogP contribution in [0.3, 0.4) is 0 Å². The van der Waals surface area contributed by atoms with Crippen LogP contribution in [0, 0.1) is 0 Å². The average Bonchev–Trinajstić information content (AvgIpc) is 3.92. The van der Waals surface area contributed by atoms with Crippen molar-refractivity contribution in [3.63, 3.8) is 0 Å². The molecule has 59 heavy (non-hydrogen) atoms. The molecule has 5 N–H and O–H groups in total. The number of rotatable bonds is 14. The summed E-state index contributed by atoms with van der Waals surface area (Å²) in [5.41, 5.74) is 6.58. The molecular weight excluding hydrogens is 743 g/mol. The van der Waals surface area contributed by atoms with Gasteiger partial charge in [0.25, 0.3) is 0 Å². The number of methoxy groups -OCH3 is 1. The van der Waals surface area contributed by atoms with E-state index in [1.165, 1.54) is 68.1 Å². The van der Waals surface area contributed by atoms with Gasteiger partial charge in [0.1, 0.15) is 28.3 Å². The molecule has 1 atom stereocenters. The lowest BCUT2D eigenvalue weighted by Gasteiger charge is -2.30. The molecule has 2 aliphatic rings. The van der Waals surface area contributed by atoms with Crippen molar-refractivity contribution < 1.29 is 29.2 Å². The molecule has 1 saturated carbocycles. The molecule has 10 heteroatoms. The summed E-state index contributed by atoms with van der Waals surface area (Å²) < 4.78 is 18.5. The van der Waals surface area contributed by atoms with E-state index in [2.05, 4.69) is 52.5 Å². The lowest BCUT2D eigenvalue weighted by atomic mass is 9.85. The summed E-state index contributed by atoms with van der Waals surface area (Å²) >= 11 is 0. The summed E-state index contributed by atoms with van der Waals surface area (Å²) in [6, 6.07) is 28.4. The molecule has 3 heterocycles. The molecule has 0 spiro atoms. The Morgan fingerprint density at radius 3 is 2.41 bits per heavy atom. The maximum Gasteiger partial charge on any atom is 0.204 e. The minimum absolute atomic E-state index is 0.0289. The smallest absolute Gasteiger partial charge is 0.204 e. The second-order valence-corrected chi connectivity index (χ2v) is 16.0. The van der Waals surface area contributed by atoms with Gasteiger partial charge in [-0.15, -0.1) is 0 Å². The maximum atomic E-state index is 14.1. The number of aromatic nitrogens is 1. The van der Waals surface area contributed by atoms with Crippen molar-refractivity contribution in [1.82, 2.24) is 10.3 Å². The first-order valence-electron chi connectivity index (χ1n) is 20.7. The number of nitrogens with zero attached hydrogens (tertiary/aromatic N) is 1. The zero-order valence-corrected chi connectivity index (χ0v) is 33.8. The number of H-pyrrole nitrogens is 1. The summed E-state index contributed by atoms with van der Waals surface area (Å²) in [7, 11) is 1.43. The highest BCUT2D eigenvalue weighted by molar-refractivity contribution is 5.93. The van der Waals surface area contributed by atoms with E-state index in [4.69, 9.17) is 13.9 Å². The van der Waals surface area contributed by atoms with E-state index in [0.29, 0.717) is 24.0 Å². The number of aromatic amines is 1. The minimum atomic E-state index is -0.815. The number of hydrogen-bond donors (Lipinski definition) is 5. The van der Waals surface area contributed by atoms with Gasteiger partial charge in [0, 0.05) is 66.5 Å². The van der Waals surface area contributed by atoms with Gasteiger partial charge in [-0.2, -0.15) is 0 Å². The van der Waals surface area contributed by atoms with Crippen molar-refractivity contribution in [3.8, 4) is 45.4 Å². The first-order valence-corrected chi connectivity index (χ1v) is 20.7. The van der Waals surface area contributed by atoms with Crippen molar-refractivity contribution in [2.75, 3.05) is 44.8 Å². The largest absolute Gasteiger partial charge is 0.508 e. The van der Waals surface area contributed by atoms with Crippen molar-refractivity contribution in [2.45, 2.75) is 63.4 Å². The zero-order valence-electron chi connectivity index (χ0n) is 33.8. The normalized spacial score (nSPS) is 15.9. The second-order valence-electron chi connectivity index (χ2n) is 16.0. The molecule has 10 nitrogen and oxygen atoms in total. The Hall–Kier alpha value is -5.97. The lowest BCUT2D eigenvalue weighted by molar-refractivity contribution is 0.177. The second kappa shape index (κ2) is 17.5. The predicted octanol–water partition coefficient (Wildman–Crippen LogP) is 8.74. The number of hydrogen-bond acceptors (Lipinski definition) is 9. The van der Waals surface area contributed by atoms with E-state index in [9.17, 15) is 20.1 Å². The van der Waals surface area contributed by atoms with Crippen LogP contribution in [-0.2, 0) is 18.3 Å². The van der Waals surface area contributed by atoms with Crippen LogP contribution in [0.2, 0.25) is 0 Å². The Bertz CT molecular complexity index is 2480. The quantitative estimate of drug-likeness (QED) is 0.0732. The van der Waals surface area contributed by atoms with Gasteiger partial charge in [-0.1, -0.05) is 86.5 Å². The standard InChI is InChI=1S/C49H53N3O7/c1-49(22-6-7-23-49)42-30-39(48(51-42)52-26-24-50-25-27-52)35-12-8-11-33(29-35)14-20-38-44(56)47(57-2)46(58-28-21-37(54)17-13-32-9-4-3-5-10-32)43-40(55)31-41(59-45(38)43)34-15-18-36(53)19-16-34/h3-5,8-13,15-19,29-31,37,50-51,53-54,56H,6-7,14,20-28H2,1-2H3/b17-13+/t37-/m0/s1. The molecule has 1 aliphatic heterocycles. The summed E-state index contributed by atoms with van der Waals surface area (Å²) in [5, 5.41) is 36.2. The number of aliphatic hydroxyl groups is 1. The maximum absolute atomic E-state index is 14.1. The van der Waals surface area contributed by atoms with Crippen molar-refractivity contribution in [1.29, 1.82) is 0 Å². The fourth-order valence-corrected chi connectivity index (χ4v) is 8.59. The molecule has 306 valence electrons. The van der Waals surface area contributed by atoms with E-state index >= 15 is 0 Å². The molecular formula is C49H53N3O7. The molecule has 8 rings (SSSR count). The Balaban J connectivity index is 1.13. The van der Waals surface area contributed by atoms with E-state index < -0.39 is 6.10 Å². The third kappa shape index (κ3) is 8.60. The number of aromatic hydroxyl groups is 2. The van der Waals surface area contributed by atoms with Crippen LogP contribution < -0.4 is 25.1 Å². The number of aryl methyl sites for hydroxylation is 2. The van der Waals surface area contributed by atoms with Crippen molar-refractivity contribution in [2.24, 2.45) is 0 Å². The van der Waals surface area contributed by atoms with Gasteiger partial charge < -0.3 is 44.4 Å². The van der Waals surface area contributed by atoms with Crippen LogP contribution in [0.4, 0.5) is 5.82 Å². The van der Waals surface area contributed by atoms with Gasteiger partial charge in [-0.05, 0) is 72.7 Å². The number of aliphatic hydroxyl groups excluding tert-OH is 1. The van der Waals surface area contributed by atoms with Crippen LogP contribution in [0.1, 0.15) is 61.4 Å². The van der Waals surface area contributed by atoms with Gasteiger partial charge in [0.05, 0.1) is 19.8 Å². The zero-order chi connectivity index (χ0) is 40.9. The number of benzene rings is 4. The van der Waals surface area contributed by atoms with Crippen LogP contribution in [0.25, 0.3) is 39.5 Å². The molecule has 0 amide bonds. The third-order valence-corrected chi connectivity index (χ3v) is 12.0. The topological polar surface area (TPSA) is 140 Å². The summed E-state index contributed by atoms with van der Waals surface area (Å²) in [5.74, 6) is 1.43. The Labute approximate surface area is 344 Å². The van der Waals surface area contributed by atoms with E-state index in [1.807, 2.05) is 36.4 Å². The van der Waals surface area contributed by atoms with Crippen LogP contribution >= 0.6 is 0 Å². The molecule has 1 aliphatic carbocycles. The molecule has 6 aromatic rings. The monoisotopic (exact) mass is 795 g/mol. The fourth-order valence-electron chi connectivity index (χ4n) is 8.59. The van der Waals surface area contributed by atoms with Crippen LogP contribution in [0.15, 0.2) is 106 Å². The van der Waals surface area contributed by atoms with E-state index in [1.54, 1.807) is 18.2 Å². The Kier molecular flexibility index (Phi) is 11.8. The van der Waals surface area contributed by atoms with Gasteiger partial charge in [-0.25, -0.2) is 0 Å². The minimum Gasteiger partial charge on any atom is -0.508 e. The SMILES string of the molecule is COc1c(O)c(CCc2cccc(-c3cc(C4(C)CCCC4)[nH]c3N3CCNCC3)c2)c2oc(-c3ccc(O)cc3)cc(=O)c2c1OCC[C@@H](O)/C=C/c1ccccc1. The summed E-state index contributed by atoms with van der Waals surface area (Å²) in [6.45, 7) is 6.16. The van der Waals surface area contributed by atoms with Crippen molar-refractivity contribution >= 4 is 22.9 Å². The number of fused-ring (bicyclic) bond motifs is 1. The van der Waals surface area contributed by atoms with Gasteiger partial charge in [0.15, 0.2) is 16.9 Å². The first-order chi connectivity index (χ1) is 28.7. The molecule has 4 aromatic carbocycles. The number of piperazine rings is 1. The Morgan fingerprint density at radius 2 is 1.66 bits per heavy atom. The molecule has 1 saturated heterocycles. The molecule has 2 aromatic heterocycles. The van der Waals surface area contributed by atoms with Crippen LogP contribution in [-0.4, -0.2) is 66.3 Å². The van der Waals surface area contributed by atoms with E-state index in [0.717, 1.165) is 42.9 Å². The van der Waals surface area contributed by atoms with E-state index in [-0.39, 0.29) is 63.6 Å². The molecule has 2 fully saturated rings. The average molecular weight is 796 g/mol. The van der Waals surface area contributed by atoms with Gasteiger partial charge in [0.2, 0.25) is 5.75 Å². The predicted molar refractivity (Wildman–Crippen MR) is 234 cm³/mol. The molecule has 0 bridgehead atoms.